The largest absolute Gasteiger partial charge is 0.480 e. The van der Waals surface area contributed by atoms with Crippen LogP contribution < -0.4 is 0 Å². The molecule has 0 saturated carbocycles. The van der Waals surface area contributed by atoms with Crippen molar-refractivity contribution in [3.63, 3.8) is 0 Å². The maximum atomic E-state index is 12.2. The van der Waals surface area contributed by atoms with Crippen molar-refractivity contribution in [3.8, 4) is 0 Å². The summed E-state index contributed by atoms with van der Waals surface area (Å²) in [7, 11) is -3.70. The van der Waals surface area contributed by atoms with E-state index in [9.17, 15) is 18.0 Å². The number of nitrogens with zero attached hydrogens (tertiary/aromatic N) is 3. The molecule has 11 heteroatoms. The molecular formula is C12H17N3O7S. The van der Waals surface area contributed by atoms with Crippen molar-refractivity contribution in [2.75, 3.05) is 39.0 Å². The highest BCUT2D eigenvalue weighted by atomic mass is 32.2. The number of hydrogen-bond acceptors (Lipinski definition) is 7. The van der Waals surface area contributed by atoms with E-state index in [4.69, 9.17) is 9.84 Å². The van der Waals surface area contributed by atoms with E-state index in [-0.39, 0.29) is 31.3 Å². The van der Waals surface area contributed by atoms with Crippen LogP contribution in [-0.4, -0.2) is 84.9 Å². The van der Waals surface area contributed by atoms with Gasteiger partial charge in [-0.05, 0) is 0 Å². The number of carboxylic acids is 1. The zero-order valence-electron chi connectivity index (χ0n) is 12.4. The Bertz CT molecular complexity index is 658. The van der Waals surface area contributed by atoms with Crippen LogP contribution in [0.4, 0.5) is 0 Å². The first-order valence-electron chi connectivity index (χ1n) is 6.75. The first kappa shape index (κ1) is 17.4. The van der Waals surface area contributed by atoms with Crippen LogP contribution in [0.1, 0.15) is 10.5 Å². The van der Waals surface area contributed by atoms with E-state index in [1.54, 1.807) is 0 Å². The van der Waals surface area contributed by atoms with Gasteiger partial charge in [0, 0.05) is 25.7 Å². The van der Waals surface area contributed by atoms with Gasteiger partial charge in [-0.25, -0.2) is 8.42 Å². The number of aliphatic carboxylic acids is 1. The molecule has 2 heterocycles. The number of rotatable bonds is 6. The summed E-state index contributed by atoms with van der Waals surface area (Å²) in [6, 6.07) is 1.43. The number of ether oxygens (including phenoxy) is 1. The fraction of sp³-hybridized carbons (Fsp3) is 0.583. The van der Waals surface area contributed by atoms with Gasteiger partial charge in [0.25, 0.3) is 5.91 Å². The number of aromatic nitrogens is 1. The van der Waals surface area contributed by atoms with Gasteiger partial charge in [-0.2, -0.15) is 4.31 Å². The third kappa shape index (κ3) is 4.74. The normalized spacial score (nSPS) is 19.0. The summed E-state index contributed by atoms with van der Waals surface area (Å²) < 4.78 is 34.2. The average Bonchev–Trinajstić information content (AvgIpc) is 2.99. The molecule has 1 aliphatic rings. The molecule has 128 valence electrons. The number of hydrogen-bond donors (Lipinski definition) is 1. The average molecular weight is 347 g/mol. The Kier molecular flexibility index (Phi) is 5.34. The van der Waals surface area contributed by atoms with E-state index in [0.29, 0.717) is 6.54 Å². The Morgan fingerprint density at radius 2 is 2.26 bits per heavy atom. The van der Waals surface area contributed by atoms with Crippen LogP contribution in [0.3, 0.4) is 0 Å². The van der Waals surface area contributed by atoms with Crippen LogP contribution in [0.25, 0.3) is 0 Å². The fourth-order valence-electron chi connectivity index (χ4n) is 2.19. The third-order valence-electron chi connectivity index (χ3n) is 3.27. The van der Waals surface area contributed by atoms with Crippen molar-refractivity contribution in [2.45, 2.75) is 6.10 Å². The van der Waals surface area contributed by atoms with Gasteiger partial charge >= 0.3 is 5.97 Å². The maximum absolute atomic E-state index is 12.2. The van der Waals surface area contributed by atoms with Crippen molar-refractivity contribution in [1.82, 2.24) is 14.4 Å². The summed E-state index contributed by atoms with van der Waals surface area (Å²) in [4.78, 5) is 24.5. The van der Waals surface area contributed by atoms with Crippen LogP contribution in [0, 0.1) is 0 Å². The minimum Gasteiger partial charge on any atom is -0.480 e. The Labute approximate surface area is 132 Å². The van der Waals surface area contributed by atoms with Crippen molar-refractivity contribution >= 4 is 21.9 Å². The summed E-state index contributed by atoms with van der Waals surface area (Å²) >= 11 is 0. The number of amides is 1. The SMILES string of the molecule is CS(=O)(=O)N(CC(=O)O)CC1CN(C(=O)c2ccon2)CCO1. The van der Waals surface area contributed by atoms with E-state index >= 15 is 0 Å². The van der Waals surface area contributed by atoms with Gasteiger partial charge in [-0.1, -0.05) is 5.16 Å². The van der Waals surface area contributed by atoms with Crippen molar-refractivity contribution in [2.24, 2.45) is 0 Å². The first-order chi connectivity index (χ1) is 10.8. The van der Waals surface area contributed by atoms with Crippen molar-refractivity contribution < 1.29 is 32.4 Å². The lowest BCUT2D eigenvalue weighted by Crippen LogP contribution is -2.51. The van der Waals surface area contributed by atoms with E-state index in [2.05, 4.69) is 9.68 Å². The van der Waals surface area contributed by atoms with Gasteiger partial charge in [0.2, 0.25) is 10.0 Å². The molecule has 1 unspecified atom stereocenters. The molecule has 1 aromatic heterocycles. The van der Waals surface area contributed by atoms with Crippen LogP contribution in [0.5, 0.6) is 0 Å². The molecule has 0 spiro atoms. The molecule has 0 aliphatic carbocycles. The van der Waals surface area contributed by atoms with E-state index in [0.717, 1.165) is 10.6 Å². The van der Waals surface area contributed by atoms with Crippen LogP contribution in [0.15, 0.2) is 16.9 Å². The van der Waals surface area contributed by atoms with Gasteiger partial charge < -0.3 is 19.3 Å². The number of morpholine rings is 1. The summed E-state index contributed by atoms with van der Waals surface area (Å²) in [6.07, 6.45) is 1.59. The lowest BCUT2D eigenvalue weighted by Gasteiger charge is -2.34. The second-order valence-corrected chi connectivity index (χ2v) is 7.06. The van der Waals surface area contributed by atoms with Crippen LogP contribution in [0.2, 0.25) is 0 Å². The van der Waals surface area contributed by atoms with Crippen molar-refractivity contribution in [3.05, 3.63) is 18.0 Å². The Balaban J connectivity index is 2.02. The van der Waals surface area contributed by atoms with Gasteiger partial charge in [0.1, 0.15) is 12.8 Å². The molecular weight excluding hydrogens is 330 g/mol. The number of carbonyl (C=O) groups is 2. The van der Waals surface area contributed by atoms with E-state index < -0.39 is 28.6 Å². The van der Waals surface area contributed by atoms with Gasteiger partial charge in [-0.15, -0.1) is 0 Å². The second-order valence-electron chi connectivity index (χ2n) is 5.08. The standard InChI is InChI=1S/C12H17N3O7S/c1-23(19,20)15(8-11(16)17)7-9-6-14(3-5-21-9)12(18)10-2-4-22-13-10/h2,4,9H,3,5-8H2,1H3,(H,16,17). The molecule has 1 aliphatic heterocycles. The molecule has 10 nitrogen and oxygen atoms in total. The smallest absolute Gasteiger partial charge is 0.318 e. The van der Waals surface area contributed by atoms with Crippen molar-refractivity contribution in [1.29, 1.82) is 0 Å². The molecule has 1 N–H and O–H groups in total. The highest BCUT2D eigenvalue weighted by Gasteiger charge is 2.30. The molecule has 1 amide bonds. The molecule has 1 saturated heterocycles. The predicted molar refractivity (Wildman–Crippen MR) is 76.2 cm³/mol. The molecule has 0 aromatic carbocycles. The summed E-state index contributed by atoms with van der Waals surface area (Å²) in [5, 5.41) is 12.4. The molecule has 1 aromatic rings. The minimum absolute atomic E-state index is 0.136. The molecule has 0 radical (unpaired) electrons. The lowest BCUT2D eigenvalue weighted by atomic mass is 10.2. The number of carbonyl (C=O) groups excluding carboxylic acids is 1. The number of sulfonamides is 1. The Morgan fingerprint density at radius 3 is 2.83 bits per heavy atom. The number of carboxylic acid groups (broad SMARTS) is 1. The molecule has 1 atom stereocenters. The molecule has 0 bridgehead atoms. The quantitative estimate of drug-likeness (QED) is 0.683. The summed E-state index contributed by atoms with van der Waals surface area (Å²) in [6.45, 7) is -0.111. The van der Waals surface area contributed by atoms with Gasteiger partial charge in [-0.3, -0.25) is 9.59 Å². The van der Waals surface area contributed by atoms with E-state index in [1.807, 2.05) is 0 Å². The highest BCUT2D eigenvalue weighted by Crippen LogP contribution is 2.12. The Hall–Kier alpha value is -1.98. The topological polar surface area (TPSA) is 130 Å². The lowest BCUT2D eigenvalue weighted by molar-refractivity contribution is -0.137. The fourth-order valence-corrected chi connectivity index (χ4v) is 2.98. The zero-order chi connectivity index (χ0) is 17.0. The molecule has 23 heavy (non-hydrogen) atoms. The molecule has 1 fully saturated rings. The van der Waals surface area contributed by atoms with Crippen LogP contribution in [-0.2, 0) is 19.6 Å². The second kappa shape index (κ2) is 7.06. The van der Waals surface area contributed by atoms with Gasteiger partial charge in [0.05, 0.1) is 19.0 Å². The maximum Gasteiger partial charge on any atom is 0.318 e. The molecule has 2 rings (SSSR count). The zero-order valence-corrected chi connectivity index (χ0v) is 13.2. The Morgan fingerprint density at radius 1 is 1.52 bits per heavy atom. The third-order valence-corrected chi connectivity index (χ3v) is 4.49. The van der Waals surface area contributed by atoms with Gasteiger partial charge in [0.15, 0.2) is 5.69 Å². The summed E-state index contributed by atoms with van der Waals surface area (Å²) in [5.41, 5.74) is 0.149. The van der Waals surface area contributed by atoms with Crippen LogP contribution >= 0.6 is 0 Å². The monoisotopic (exact) mass is 347 g/mol. The van der Waals surface area contributed by atoms with E-state index in [1.165, 1.54) is 17.2 Å². The first-order valence-corrected chi connectivity index (χ1v) is 8.60. The predicted octanol–water partition coefficient (Wildman–Crippen LogP) is -1.14. The summed E-state index contributed by atoms with van der Waals surface area (Å²) in [5.74, 6) is -1.61. The minimum atomic E-state index is -3.70. The highest BCUT2D eigenvalue weighted by molar-refractivity contribution is 7.88.